The minimum absolute atomic E-state index is 0.502. The smallest absolute Gasteiger partial charge is 0.0576 e. The van der Waals surface area contributed by atoms with E-state index in [1.54, 1.807) is 11.1 Å². The molecule has 0 saturated carbocycles. The van der Waals surface area contributed by atoms with Crippen molar-refractivity contribution >= 4 is 0 Å². The fraction of sp³-hybridized carbons (Fsp3) is 0.667. The lowest BCUT2D eigenvalue weighted by molar-refractivity contribution is 0.101. The molecule has 2 heteroatoms. The first-order valence-corrected chi connectivity index (χ1v) is 8.27. The Bertz CT molecular complexity index is 437. The summed E-state index contributed by atoms with van der Waals surface area (Å²) in [6.45, 7) is 0.977. The number of rotatable bonds is 6. The molecule has 1 aliphatic carbocycles. The lowest BCUT2D eigenvalue weighted by Crippen LogP contribution is -2.17. The van der Waals surface area contributed by atoms with E-state index in [0.717, 1.165) is 6.61 Å². The van der Waals surface area contributed by atoms with E-state index in [0.29, 0.717) is 12.1 Å². The molecule has 1 heterocycles. The van der Waals surface area contributed by atoms with E-state index < -0.39 is 0 Å². The summed E-state index contributed by atoms with van der Waals surface area (Å²) >= 11 is 0. The summed E-state index contributed by atoms with van der Waals surface area (Å²) in [4.78, 5) is 0. The molecule has 2 atom stereocenters. The molecule has 2 aliphatic rings. The lowest BCUT2D eigenvalue weighted by Gasteiger charge is -2.18. The number of hydrogen-bond donors (Lipinski definition) is 1. The molecule has 0 bridgehead atoms. The van der Waals surface area contributed by atoms with Crippen LogP contribution in [-0.4, -0.2) is 19.8 Å². The summed E-state index contributed by atoms with van der Waals surface area (Å²) in [5, 5.41) is 3.49. The van der Waals surface area contributed by atoms with Crippen molar-refractivity contribution < 1.29 is 4.74 Å². The molecule has 0 spiro atoms. The van der Waals surface area contributed by atoms with Gasteiger partial charge in [0, 0.05) is 12.6 Å². The molecule has 1 fully saturated rings. The molecular formula is C18H27NO. The highest BCUT2D eigenvalue weighted by molar-refractivity contribution is 5.36. The summed E-state index contributed by atoms with van der Waals surface area (Å²) in [5.41, 5.74) is 4.63. The van der Waals surface area contributed by atoms with Gasteiger partial charge in [-0.05, 0) is 75.1 Å². The van der Waals surface area contributed by atoms with Crippen molar-refractivity contribution in [3.05, 3.63) is 34.9 Å². The Labute approximate surface area is 122 Å². The Hall–Kier alpha value is -0.860. The molecule has 0 amide bonds. The van der Waals surface area contributed by atoms with Gasteiger partial charge in [0.2, 0.25) is 0 Å². The molecular weight excluding hydrogens is 246 g/mol. The van der Waals surface area contributed by atoms with Gasteiger partial charge in [-0.15, -0.1) is 0 Å². The van der Waals surface area contributed by atoms with E-state index in [1.807, 2.05) is 0 Å². The zero-order valence-electron chi connectivity index (χ0n) is 12.7. The van der Waals surface area contributed by atoms with Gasteiger partial charge in [-0.2, -0.15) is 0 Å². The normalized spacial score (nSPS) is 22.9. The quantitative estimate of drug-likeness (QED) is 0.851. The SMILES string of the molecule is CNC(CCCC1CCCO1)c1ccc2c(c1)CCC2. The monoisotopic (exact) mass is 273 g/mol. The maximum absolute atomic E-state index is 5.71. The third-order valence-corrected chi connectivity index (χ3v) is 4.92. The van der Waals surface area contributed by atoms with Crippen molar-refractivity contribution in [3.63, 3.8) is 0 Å². The summed E-state index contributed by atoms with van der Waals surface area (Å²) in [6.07, 6.45) is 10.6. The molecule has 3 rings (SSSR count). The lowest BCUT2D eigenvalue weighted by atomic mass is 9.96. The third-order valence-electron chi connectivity index (χ3n) is 4.92. The average molecular weight is 273 g/mol. The van der Waals surface area contributed by atoms with E-state index in [2.05, 4.69) is 30.6 Å². The van der Waals surface area contributed by atoms with Gasteiger partial charge in [0.05, 0.1) is 6.10 Å². The Balaban J connectivity index is 1.55. The molecule has 0 radical (unpaired) electrons. The molecule has 1 aromatic carbocycles. The zero-order valence-corrected chi connectivity index (χ0v) is 12.7. The number of aryl methyl sites for hydroxylation is 2. The van der Waals surface area contributed by atoms with E-state index in [4.69, 9.17) is 4.74 Å². The Morgan fingerprint density at radius 3 is 2.95 bits per heavy atom. The first-order valence-electron chi connectivity index (χ1n) is 8.27. The van der Waals surface area contributed by atoms with Crippen LogP contribution in [0, 0.1) is 0 Å². The minimum atomic E-state index is 0.502. The highest BCUT2D eigenvalue weighted by Gasteiger charge is 2.18. The number of benzene rings is 1. The van der Waals surface area contributed by atoms with E-state index >= 15 is 0 Å². The first kappa shape index (κ1) is 14.1. The molecule has 20 heavy (non-hydrogen) atoms. The topological polar surface area (TPSA) is 21.3 Å². The van der Waals surface area contributed by atoms with Crippen LogP contribution in [0.3, 0.4) is 0 Å². The van der Waals surface area contributed by atoms with Crippen LogP contribution < -0.4 is 5.32 Å². The van der Waals surface area contributed by atoms with Crippen molar-refractivity contribution in [1.82, 2.24) is 5.32 Å². The molecule has 1 saturated heterocycles. The third kappa shape index (κ3) is 3.24. The first-order chi connectivity index (χ1) is 9.86. The number of fused-ring (bicyclic) bond motifs is 1. The van der Waals surface area contributed by atoms with Crippen LogP contribution in [0.25, 0.3) is 0 Å². The van der Waals surface area contributed by atoms with Gasteiger partial charge in [0.15, 0.2) is 0 Å². The van der Waals surface area contributed by atoms with Crippen molar-refractivity contribution in [2.75, 3.05) is 13.7 Å². The Morgan fingerprint density at radius 1 is 1.25 bits per heavy atom. The molecule has 1 aromatic rings. The summed E-state index contributed by atoms with van der Waals surface area (Å²) in [5.74, 6) is 0. The fourth-order valence-corrected chi connectivity index (χ4v) is 3.71. The van der Waals surface area contributed by atoms with E-state index in [9.17, 15) is 0 Å². The maximum Gasteiger partial charge on any atom is 0.0576 e. The number of nitrogens with one attached hydrogen (secondary N) is 1. The molecule has 2 unspecified atom stereocenters. The van der Waals surface area contributed by atoms with Crippen molar-refractivity contribution in [2.24, 2.45) is 0 Å². The largest absolute Gasteiger partial charge is 0.378 e. The van der Waals surface area contributed by atoms with Gasteiger partial charge >= 0.3 is 0 Å². The van der Waals surface area contributed by atoms with Crippen LogP contribution in [0.15, 0.2) is 18.2 Å². The minimum Gasteiger partial charge on any atom is -0.378 e. The molecule has 2 nitrogen and oxygen atoms in total. The maximum atomic E-state index is 5.71. The van der Waals surface area contributed by atoms with Crippen LogP contribution in [0.5, 0.6) is 0 Å². The fourth-order valence-electron chi connectivity index (χ4n) is 3.71. The van der Waals surface area contributed by atoms with Gasteiger partial charge in [-0.3, -0.25) is 0 Å². The summed E-state index contributed by atoms with van der Waals surface area (Å²) in [7, 11) is 2.09. The molecule has 110 valence electrons. The average Bonchev–Trinajstić information content (AvgIpc) is 3.13. The highest BCUT2D eigenvalue weighted by Crippen LogP contribution is 2.28. The Kier molecular flexibility index (Phi) is 4.74. The predicted molar refractivity (Wildman–Crippen MR) is 83.1 cm³/mol. The molecule has 1 N–H and O–H groups in total. The van der Waals surface area contributed by atoms with Gasteiger partial charge in [-0.25, -0.2) is 0 Å². The number of hydrogen-bond acceptors (Lipinski definition) is 2. The Morgan fingerprint density at radius 2 is 2.15 bits per heavy atom. The van der Waals surface area contributed by atoms with Crippen molar-refractivity contribution in [3.8, 4) is 0 Å². The van der Waals surface area contributed by atoms with Crippen molar-refractivity contribution in [1.29, 1.82) is 0 Å². The van der Waals surface area contributed by atoms with Crippen LogP contribution in [0.4, 0.5) is 0 Å². The van der Waals surface area contributed by atoms with E-state index in [1.165, 1.54) is 56.9 Å². The predicted octanol–water partition coefficient (Wildman–Crippen LogP) is 3.79. The molecule has 1 aliphatic heterocycles. The second kappa shape index (κ2) is 6.73. The summed E-state index contributed by atoms with van der Waals surface area (Å²) in [6, 6.07) is 7.62. The van der Waals surface area contributed by atoms with Gasteiger partial charge in [-0.1, -0.05) is 18.2 Å². The molecule has 0 aromatic heterocycles. The van der Waals surface area contributed by atoms with Crippen LogP contribution in [0.1, 0.15) is 61.3 Å². The number of ether oxygens (including phenoxy) is 1. The standard InChI is InChI=1S/C18H27NO/c1-19-18(9-3-7-17-8-4-12-20-17)16-11-10-14-5-2-6-15(14)13-16/h10-11,13,17-19H,2-9,12H2,1H3. The van der Waals surface area contributed by atoms with Crippen molar-refractivity contribution in [2.45, 2.75) is 63.5 Å². The second-order valence-electron chi connectivity index (χ2n) is 6.29. The van der Waals surface area contributed by atoms with Crippen LogP contribution in [-0.2, 0) is 17.6 Å². The van der Waals surface area contributed by atoms with E-state index in [-0.39, 0.29) is 0 Å². The van der Waals surface area contributed by atoms with Gasteiger partial charge < -0.3 is 10.1 Å². The van der Waals surface area contributed by atoms with Crippen LogP contribution >= 0.6 is 0 Å². The van der Waals surface area contributed by atoms with Crippen LogP contribution in [0.2, 0.25) is 0 Å². The highest BCUT2D eigenvalue weighted by atomic mass is 16.5. The zero-order chi connectivity index (χ0) is 13.8. The second-order valence-corrected chi connectivity index (χ2v) is 6.29. The van der Waals surface area contributed by atoms with Gasteiger partial charge in [0.1, 0.15) is 0 Å². The van der Waals surface area contributed by atoms with Gasteiger partial charge in [0.25, 0.3) is 0 Å². The summed E-state index contributed by atoms with van der Waals surface area (Å²) < 4.78 is 5.71.